The highest BCUT2D eigenvalue weighted by atomic mass is 16.1. The van der Waals surface area contributed by atoms with Crippen molar-refractivity contribution in [2.75, 3.05) is 23.9 Å². The van der Waals surface area contributed by atoms with Gasteiger partial charge in [0, 0.05) is 47.7 Å². The highest BCUT2D eigenvalue weighted by Gasteiger charge is 2.44. The van der Waals surface area contributed by atoms with E-state index in [-0.39, 0.29) is 10.8 Å². The number of rotatable bonds is 2. The molecule has 1 aromatic rings. The molecular formula is C20H24N2O2. The summed E-state index contributed by atoms with van der Waals surface area (Å²) in [5.74, 6) is 0. The molecule has 0 atom stereocenters. The van der Waals surface area contributed by atoms with E-state index >= 15 is 0 Å². The molecule has 0 fully saturated rings. The van der Waals surface area contributed by atoms with E-state index in [9.17, 15) is 9.59 Å². The molecule has 4 heteroatoms. The van der Waals surface area contributed by atoms with Crippen LogP contribution < -0.4 is 9.80 Å². The molecule has 2 aliphatic rings. The van der Waals surface area contributed by atoms with Crippen LogP contribution >= 0.6 is 0 Å². The summed E-state index contributed by atoms with van der Waals surface area (Å²) in [5.41, 5.74) is 6.19. The maximum Gasteiger partial charge on any atom is 0.144 e. The van der Waals surface area contributed by atoms with Gasteiger partial charge in [-0.1, -0.05) is 27.7 Å². The molecule has 2 heterocycles. The zero-order valence-electron chi connectivity index (χ0n) is 15.2. The van der Waals surface area contributed by atoms with Crippen molar-refractivity contribution in [1.29, 1.82) is 0 Å². The number of nitrogens with zero attached hydrogens (tertiary/aromatic N) is 2. The van der Waals surface area contributed by atoms with Crippen LogP contribution in [0.3, 0.4) is 0 Å². The number of benzene rings is 1. The number of fused-ring (bicyclic) bond motifs is 2. The first-order chi connectivity index (χ1) is 11.2. The Morgan fingerprint density at radius 2 is 1.08 bits per heavy atom. The Kier molecular flexibility index (Phi) is 3.48. The monoisotopic (exact) mass is 324 g/mol. The molecule has 0 radical (unpaired) electrons. The van der Waals surface area contributed by atoms with E-state index in [1.165, 1.54) is 11.1 Å². The molecular weight excluding hydrogens is 300 g/mol. The number of hydrogen-bond acceptors (Lipinski definition) is 4. The van der Waals surface area contributed by atoms with Crippen molar-refractivity contribution in [2.45, 2.75) is 38.5 Å². The number of likely N-dealkylation sites (N-methyl/N-ethyl adjacent to an activating group) is 2. The van der Waals surface area contributed by atoms with Crippen LogP contribution in [0.4, 0.5) is 11.4 Å². The summed E-state index contributed by atoms with van der Waals surface area (Å²) < 4.78 is 0. The molecule has 0 unspecified atom stereocenters. The lowest BCUT2D eigenvalue weighted by atomic mass is 9.80. The number of carbonyl (C=O) groups is 2. The standard InChI is InChI=1S/C20H24N2O2/c1-19(2)13-11-16-14(12-15(13)21(5)17(19)7-9-23)20(3,4)18(8-10-24)22(16)6/h7-12H,1-6H3. The van der Waals surface area contributed by atoms with E-state index in [2.05, 4.69) is 49.6 Å². The Morgan fingerprint density at radius 3 is 1.38 bits per heavy atom. The van der Waals surface area contributed by atoms with E-state index in [0.29, 0.717) is 0 Å². The third-order valence-electron chi connectivity index (χ3n) is 5.64. The van der Waals surface area contributed by atoms with Crippen LogP contribution in [0.5, 0.6) is 0 Å². The van der Waals surface area contributed by atoms with Gasteiger partial charge in [0.2, 0.25) is 0 Å². The second kappa shape index (κ2) is 5.07. The summed E-state index contributed by atoms with van der Waals surface area (Å²) in [5, 5.41) is 0. The molecule has 24 heavy (non-hydrogen) atoms. The van der Waals surface area contributed by atoms with Crippen molar-refractivity contribution in [2.24, 2.45) is 0 Å². The minimum atomic E-state index is -0.234. The summed E-state index contributed by atoms with van der Waals surface area (Å²) in [6.45, 7) is 8.55. The second-order valence-corrected chi connectivity index (χ2v) is 7.63. The van der Waals surface area contributed by atoms with Crippen molar-refractivity contribution in [3.05, 3.63) is 46.8 Å². The van der Waals surface area contributed by atoms with Gasteiger partial charge >= 0.3 is 0 Å². The fourth-order valence-electron chi connectivity index (χ4n) is 4.28. The predicted octanol–water partition coefficient (Wildman–Crippen LogP) is 3.31. The predicted molar refractivity (Wildman–Crippen MR) is 97.6 cm³/mol. The minimum Gasteiger partial charge on any atom is -0.347 e. The molecule has 0 spiro atoms. The maximum absolute atomic E-state index is 11.1. The molecule has 0 aliphatic carbocycles. The normalized spacial score (nSPS) is 23.6. The Morgan fingerprint density at radius 1 is 0.750 bits per heavy atom. The third-order valence-corrected chi connectivity index (χ3v) is 5.64. The lowest BCUT2D eigenvalue weighted by molar-refractivity contribution is -0.104. The lowest BCUT2D eigenvalue weighted by Crippen LogP contribution is -2.24. The smallest absolute Gasteiger partial charge is 0.144 e. The molecule has 3 rings (SSSR count). The number of allylic oxidation sites excluding steroid dienone is 4. The van der Waals surface area contributed by atoms with Gasteiger partial charge in [-0.15, -0.1) is 0 Å². The van der Waals surface area contributed by atoms with Crippen molar-refractivity contribution in [3.8, 4) is 0 Å². The van der Waals surface area contributed by atoms with E-state index in [1.807, 2.05) is 14.1 Å². The van der Waals surface area contributed by atoms with Crippen molar-refractivity contribution < 1.29 is 9.59 Å². The van der Waals surface area contributed by atoms with Gasteiger partial charge in [-0.25, -0.2) is 0 Å². The minimum absolute atomic E-state index is 0.234. The molecule has 126 valence electrons. The van der Waals surface area contributed by atoms with Gasteiger partial charge in [0.15, 0.2) is 0 Å². The van der Waals surface area contributed by atoms with Crippen LogP contribution in [0.1, 0.15) is 38.8 Å². The SMILES string of the molecule is CN1C(=CC=O)C(C)(C)c2cc3c(cc21)C(C)(C)C(=CC=O)N3C. The van der Waals surface area contributed by atoms with E-state index in [0.717, 1.165) is 35.3 Å². The summed E-state index contributed by atoms with van der Waals surface area (Å²) in [7, 11) is 4.01. The summed E-state index contributed by atoms with van der Waals surface area (Å²) in [4.78, 5) is 26.3. The highest BCUT2D eigenvalue weighted by molar-refractivity contribution is 5.84. The third kappa shape index (κ3) is 1.92. The Hall–Kier alpha value is -2.36. The van der Waals surface area contributed by atoms with Gasteiger partial charge in [-0.2, -0.15) is 0 Å². The van der Waals surface area contributed by atoms with Gasteiger partial charge in [0.1, 0.15) is 12.6 Å². The Labute approximate surface area is 143 Å². The molecule has 0 N–H and O–H groups in total. The first-order valence-electron chi connectivity index (χ1n) is 8.16. The average Bonchev–Trinajstić information content (AvgIpc) is 2.82. The molecule has 0 amide bonds. The number of hydrogen-bond donors (Lipinski definition) is 0. The number of aldehydes is 2. The molecule has 0 aromatic heterocycles. The van der Waals surface area contributed by atoms with Crippen molar-refractivity contribution in [1.82, 2.24) is 0 Å². The molecule has 2 aliphatic heterocycles. The Balaban J connectivity index is 2.27. The van der Waals surface area contributed by atoms with Crippen LogP contribution in [-0.4, -0.2) is 26.7 Å². The number of carbonyl (C=O) groups excluding carboxylic acids is 2. The van der Waals surface area contributed by atoms with Crippen molar-refractivity contribution in [3.63, 3.8) is 0 Å². The topological polar surface area (TPSA) is 40.6 Å². The second-order valence-electron chi connectivity index (χ2n) is 7.63. The van der Waals surface area contributed by atoms with Crippen LogP contribution in [0.15, 0.2) is 35.7 Å². The summed E-state index contributed by atoms with van der Waals surface area (Å²) in [6, 6.07) is 4.42. The van der Waals surface area contributed by atoms with Gasteiger partial charge in [0.05, 0.1) is 0 Å². The van der Waals surface area contributed by atoms with Crippen LogP contribution in [0.2, 0.25) is 0 Å². The quantitative estimate of drug-likeness (QED) is 0.618. The van der Waals surface area contributed by atoms with E-state index in [1.54, 1.807) is 12.2 Å². The van der Waals surface area contributed by atoms with Gasteiger partial charge in [0.25, 0.3) is 0 Å². The Bertz CT molecular complexity index is 732. The van der Waals surface area contributed by atoms with Crippen LogP contribution in [-0.2, 0) is 20.4 Å². The number of anilines is 2. The largest absolute Gasteiger partial charge is 0.347 e. The summed E-state index contributed by atoms with van der Waals surface area (Å²) >= 11 is 0. The first-order valence-corrected chi connectivity index (χ1v) is 8.16. The molecule has 1 aromatic carbocycles. The zero-order chi connectivity index (χ0) is 17.9. The fourth-order valence-corrected chi connectivity index (χ4v) is 4.28. The zero-order valence-corrected chi connectivity index (χ0v) is 15.2. The fraction of sp³-hybridized carbons (Fsp3) is 0.400. The summed E-state index contributed by atoms with van der Waals surface area (Å²) in [6.07, 6.45) is 5.01. The molecule has 0 saturated heterocycles. The van der Waals surface area contributed by atoms with Gasteiger partial charge < -0.3 is 9.80 Å². The maximum atomic E-state index is 11.1. The first kappa shape index (κ1) is 16.5. The van der Waals surface area contributed by atoms with E-state index < -0.39 is 0 Å². The van der Waals surface area contributed by atoms with Crippen molar-refractivity contribution >= 4 is 23.9 Å². The highest BCUT2D eigenvalue weighted by Crippen LogP contribution is 2.54. The lowest BCUT2D eigenvalue weighted by Gasteiger charge is -2.24. The molecule has 0 saturated carbocycles. The van der Waals surface area contributed by atoms with Crippen LogP contribution in [0, 0.1) is 0 Å². The van der Waals surface area contributed by atoms with Gasteiger partial charge in [-0.3, -0.25) is 9.59 Å². The molecule has 0 bridgehead atoms. The van der Waals surface area contributed by atoms with Gasteiger partial charge in [-0.05, 0) is 35.4 Å². The molecule has 4 nitrogen and oxygen atoms in total. The van der Waals surface area contributed by atoms with Crippen LogP contribution in [0.25, 0.3) is 0 Å². The average molecular weight is 324 g/mol. The van der Waals surface area contributed by atoms with E-state index in [4.69, 9.17) is 0 Å².